The van der Waals surface area contributed by atoms with Crippen LogP contribution in [0.4, 0.5) is 0 Å². The molecule has 0 aliphatic rings. The third-order valence-corrected chi connectivity index (χ3v) is 1.21. The maximum Gasteiger partial charge on any atom is -0.0395 e. The van der Waals surface area contributed by atoms with Crippen molar-refractivity contribution >= 4 is 0 Å². The summed E-state index contributed by atoms with van der Waals surface area (Å²) in [6.07, 6.45) is 6.08. The third-order valence-electron chi connectivity index (χ3n) is 1.21. The monoisotopic (exact) mass is 122 g/mol. The van der Waals surface area contributed by atoms with Crippen LogP contribution >= 0.6 is 0 Å². The molecule has 0 saturated heterocycles. The zero-order valence-electron chi connectivity index (χ0n) is 6.44. The van der Waals surface area contributed by atoms with Gasteiger partial charge in [-0.2, -0.15) is 0 Å². The first kappa shape index (κ1) is 8.22. The van der Waals surface area contributed by atoms with Crippen molar-refractivity contribution in [2.75, 3.05) is 0 Å². The summed E-state index contributed by atoms with van der Waals surface area (Å²) in [4.78, 5) is 0. The maximum absolute atomic E-state index is 3.81. The Kier molecular flexibility index (Phi) is 3.78. The Morgan fingerprint density at radius 1 is 1.33 bits per heavy atom. The fourth-order valence-corrected chi connectivity index (χ4v) is 0.383. The van der Waals surface area contributed by atoms with Gasteiger partial charge in [0.15, 0.2) is 0 Å². The highest BCUT2D eigenvalue weighted by atomic mass is 13.9. The lowest BCUT2D eigenvalue weighted by molar-refractivity contribution is 1.36. The van der Waals surface area contributed by atoms with E-state index in [9.17, 15) is 0 Å². The molecule has 9 heavy (non-hydrogen) atoms. The van der Waals surface area contributed by atoms with Gasteiger partial charge in [-0.3, -0.25) is 0 Å². The van der Waals surface area contributed by atoms with Crippen molar-refractivity contribution in [2.24, 2.45) is 0 Å². The van der Waals surface area contributed by atoms with Crippen LogP contribution in [0.15, 0.2) is 36.0 Å². The first-order valence-electron chi connectivity index (χ1n) is 3.14. The number of hydrogen-bond acceptors (Lipinski definition) is 0. The van der Waals surface area contributed by atoms with E-state index in [1.54, 1.807) is 0 Å². The summed E-state index contributed by atoms with van der Waals surface area (Å²) in [6, 6.07) is 0. The summed E-state index contributed by atoms with van der Waals surface area (Å²) in [6.45, 7) is 9.88. The molecule has 0 fully saturated rings. The van der Waals surface area contributed by atoms with Crippen molar-refractivity contribution in [1.29, 1.82) is 0 Å². The summed E-state index contributed by atoms with van der Waals surface area (Å²) in [5, 5.41) is 0. The molecule has 0 aliphatic carbocycles. The molecule has 0 atom stereocenters. The van der Waals surface area contributed by atoms with Gasteiger partial charge < -0.3 is 0 Å². The molecular weight excluding hydrogens is 108 g/mol. The first-order valence-corrected chi connectivity index (χ1v) is 3.14. The normalized spacial score (nSPS) is 12.6. The van der Waals surface area contributed by atoms with Crippen molar-refractivity contribution in [3.8, 4) is 0 Å². The highest BCUT2D eigenvalue weighted by molar-refractivity contribution is 5.27. The third kappa shape index (κ3) is 3.77. The van der Waals surface area contributed by atoms with Crippen molar-refractivity contribution in [2.45, 2.75) is 20.8 Å². The van der Waals surface area contributed by atoms with Crippen LogP contribution in [0.5, 0.6) is 0 Å². The van der Waals surface area contributed by atoms with Gasteiger partial charge in [-0.25, -0.2) is 0 Å². The summed E-state index contributed by atoms with van der Waals surface area (Å²) in [5.74, 6) is 0. The zero-order valence-corrected chi connectivity index (χ0v) is 6.44. The van der Waals surface area contributed by atoms with E-state index in [0.29, 0.717) is 0 Å². The molecule has 0 amide bonds. The Bertz CT molecular complexity index is 147. The second-order valence-electron chi connectivity index (χ2n) is 2.16. The molecule has 0 aliphatic heterocycles. The topological polar surface area (TPSA) is 0 Å². The molecule has 0 spiro atoms. The van der Waals surface area contributed by atoms with E-state index in [2.05, 4.69) is 19.6 Å². The fourth-order valence-electron chi connectivity index (χ4n) is 0.383. The largest absolute Gasteiger partial charge is 0.0958 e. The quantitative estimate of drug-likeness (QED) is 0.494. The van der Waals surface area contributed by atoms with E-state index in [1.165, 1.54) is 5.57 Å². The van der Waals surface area contributed by atoms with E-state index >= 15 is 0 Å². The van der Waals surface area contributed by atoms with Gasteiger partial charge in [-0.1, -0.05) is 30.4 Å². The zero-order chi connectivity index (χ0) is 7.28. The van der Waals surface area contributed by atoms with Crippen LogP contribution in [0.3, 0.4) is 0 Å². The van der Waals surface area contributed by atoms with Crippen molar-refractivity contribution in [3.05, 3.63) is 36.0 Å². The Hall–Kier alpha value is -0.780. The van der Waals surface area contributed by atoms with E-state index in [0.717, 1.165) is 5.57 Å². The van der Waals surface area contributed by atoms with Crippen LogP contribution < -0.4 is 0 Å². The highest BCUT2D eigenvalue weighted by Gasteiger charge is 1.83. The smallest absolute Gasteiger partial charge is 0.0395 e. The Morgan fingerprint density at radius 3 is 2.22 bits per heavy atom. The number of hydrogen-bond donors (Lipinski definition) is 0. The molecule has 0 aromatic heterocycles. The summed E-state index contributed by atoms with van der Waals surface area (Å²) in [5.41, 5.74) is 2.38. The minimum Gasteiger partial charge on any atom is -0.0958 e. The van der Waals surface area contributed by atoms with Gasteiger partial charge >= 0.3 is 0 Å². The van der Waals surface area contributed by atoms with Crippen LogP contribution in [-0.2, 0) is 0 Å². The van der Waals surface area contributed by atoms with Gasteiger partial charge in [0.1, 0.15) is 0 Å². The lowest BCUT2D eigenvalue weighted by Crippen LogP contribution is -1.72. The average Bonchev–Trinajstić information content (AvgIpc) is 1.82. The molecule has 0 bridgehead atoms. The molecule has 0 nitrogen and oxygen atoms in total. The highest BCUT2D eigenvalue weighted by Crippen LogP contribution is 2.03. The summed E-state index contributed by atoms with van der Waals surface area (Å²) < 4.78 is 0. The number of rotatable bonds is 2. The molecule has 0 unspecified atom stereocenters. The van der Waals surface area contributed by atoms with Crippen LogP contribution in [0.1, 0.15) is 20.8 Å². The van der Waals surface area contributed by atoms with Crippen LogP contribution in [0.25, 0.3) is 0 Å². The van der Waals surface area contributed by atoms with Crippen LogP contribution in [0.2, 0.25) is 0 Å². The van der Waals surface area contributed by atoms with Gasteiger partial charge in [0, 0.05) is 0 Å². The molecule has 0 heterocycles. The predicted molar refractivity (Wildman–Crippen MR) is 43.4 cm³/mol. The lowest BCUT2D eigenvalue weighted by atomic mass is 10.1. The molecule has 50 valence electrons. The minimum absolute atomic E-state index is 1.13. The van der Waals surface area contributed by atoms with E-state index in [1.807, 2.05) is 26.0 Å². The minimum atomic E-state index is 1.13. The molecule has 0 aromatic carbocycles. The second kappa shape index (κ2) is 4.13. The van der Waals surface area contributed by atoms with Crippen molar-refractivity contribution in [1.82, 2.24) is 0 Å². The molecule has 0 saturated carbocycles. The fraction of sp³-hybridized carbons (Fsp3) is 0.333. The molecule has 0 rings (SSSR count). The van der Waals surface area contributed by atoms with Gasteiger partial charge in [0.05, 0.1) is 0 Å². The molecular formula is C9H14. The van der Waals surface area contributed by atoms with Crippen molar-refractivity contribution in [3.63, 3.8) is 0 Å². The average molecular weight is 122 g/mol. The molecule has 0 N–H and O–H groups in total. The van der Waals surface area contributed by atoms with Gasteiger partial charge in [-0.05, 0) is 26.3 Å². The van der Waals surface area contributed by atoms with Crippen molar-refractivity contribution < 1.29 is 0 Å². The first-order chi connectivity index (χ1) is 4.18. The Balaban J connectivity index is 4.00. The second-order valence-corrected chi connectivity index (χ2v) is 2.16. The molecule has 0 heteroatoms. The molecule has 0 radical (unpaired) electrons. The van der Waals surface area contributed by atoms with Gasteiger partial charge in [0.25, 0.3) is 0 Å². The summed E-state index contributed by atoms with van der Waals surface area (Å²) in [7, 11) is 0. The Labute approximate surface area is 57.6 Å². The maximum atomic E-state index is 3.81. The molecule has 0 aromatic rings. The van der Waals surface area contributed by atoms with E-state index in [-0.39, 0.29) is 0 Å². The SMILES string of the molecule is C=C(C)C(C)=CC=CC. The van der Waals surface area contributed by atoms with Gasteiger partial charge in [0.2, 0.25) is 0 Å². The van der Waals surface area contributed by atoms with Gasteiger partial charge in [-0.15, -0.1) is 0 Å². The predicted octanol–water partition coefficient (Wildman–Crippen LogP) is 3.08. The lowest BCUT2D eigenvalue weighted by Gasteiger charge is -1.93. The summed E-state index contributed by atoms with van der Waals surface area (Å²) >= 11 is 0. The Morgan fingerprint density at radius 2 is 1.89 bits per heavy atom. The van der Waals surface area contributed by atoms with Crippen LogP contribution in [-0.4, -0.2) is 0 Å². The standard InChI is InChI=1S/C9H14/c1-5-6-7-9(4)8(2)3/h5-7H,2H2,1,3-4H3. The van der Waals surface area contributed by atoms with E-state index < -0.39 is 0 Å². The van der Waals surface area contributed by atoms with Crippen LogP contribution in [0, 0.1) is 0 Å². The number of allylic oxidation sites excluding steroid dienone is 5. The van der Waals surface area contributed by atoms with E-state index in [4.69, 9.17) is 0 Å².